The number of nitrogens with zero attached hydrogens (tertiary/aromatic N) is 1. The van der Waals surface area contributed by atoms with Crippen LogP contribution in [-0.2, 0) is 0 Å². The van der Waals surface area contributed by atoms with E-state index in [1.54, 1.807) is 0 Å². The van der Waals surface area contributed by atoms with E-state index < -0.39 is 0 Å². The number of rotatable bonds is 3. The highest BCUT2D eigenvalue weighted by atomic mass is 79.9. The third-order valence-corrected chi connectivity index (χ3v) is 5.22. The summed E-state index contributed by atoms with van der Waals surface area (Å²) in [6, 6.07) is 10.6. The van der Waals surface area contributed by atoms with Gasteiger partial charge in [0.15, 0.2) is 0 Å². The van der Waals surface area contributed by atoms with E-state index in [0.717, 1.165) is 10.5 Å². The highest BCUT2D eigenvalue weighted by molar-refractivity contribution is 9.10. The molecule has 0 aliphatic carbocycles. The molecular weight excluding hydrogens is 300 g/mol. The van der Waals surface area contributed by atoms with Crippen molar-refractivity contribution in [2.45, 2.75) is 50.7 Å². The fraction of sp³-hybridized carbons (Fsp3) is 0.625. The van der Waals surface area contributed by atoms with Crippen LogP contribution >= 0.6 is 15.9 Å². The lowest BCUT2D eigenvalue weighted by molar-refractivity contribution is 0.177. The Bertz CT molecular complexity index is 417. The summed E-state index contributed by atoms with van der Waals surface area (Å²) in [7, 11) is 0. The molecule has 0 amide bonds. The molecular formula is C16H23BrN2. The number of nitrogens with one attached hydrogen (secondary N) is 1. The zero-order chi connectivity index (χ0) is 13.2. The Hall–Kier alpha value is -0.380. The summed E-state index contributed by atoms with van der Waals surface area (Å²) in [4.78, 5) is 2.69. The first-order valence-corrected chi connectivity index (χ1v) is 8.29. The summed E-state index contributed by atoms with van der Waals surface area (Å²) in [6.45, 7) is 4.89. The minimum absolute atomic E-state index is 0.444. The summed E-state index contributed by atoms with van der Waals surface area (Å²) in [6.07, 6.45) is 5.49. The highest BCUT2D eigenvalue weighted by Gasteiger charge is 2.35. The average molecular weight is 323 g/mol. The number of benzene rings is 1. The van der Waals surface area contributed by atoms with Gasteiger partial charge < -0.3 is 5.32 Å². The van der Waals surface area contributed by atoms with Crippen molar-refractivity contribution in [2.24, 2.45) is 0 Å². The zero-order valence-corrected chi connectivity index (χ0v) is 13.2. The largest absolute Gasteiger partial charge is 0.306 e. The predicted molar refractivity (Wildman–Crippen MR) is 83.3 cm³/mol. The van der Waals surface area contributed by atoms with Gasteiger partial charge in [0, 0.05) is 29.1 Å². The maximum Gasteiger partial charge on any atom is 0.0295 e. The number of hydrogen-bond donors (Lipinski definition) is 1. The van der Waals surface area contributed by atoms with Crippen LogP contribution in [0.4, 0.5) is 0 Å². The maximum absolute atomic E-state index is 3.86. The fourth-order valence-electron chi connectivity index (χ4n) is 3.61. The predicted octanol–water partition coefficient (Wildman–Crippen LogP) is 3.73. The van der Waals surface area contributed by atoms with Gasteiger partial charge in [0.1, 0.15) is 0 Å². The van der Waals surface area contributed by atoms with Gasteiger partial charge in [-0.05, 0) is 50.4 Å². The molecule has 2 nitrogen and oxygen atoms in total. The van der Waals surface area contributed by atoms with Gasteiger partial charge in [-0.3, -0.25) is 4.90 Å². The van der Waals surface area contributed by atoms with Crippen LogP contribution in [0, 0.1) is 0 Å². The Morgan fingerprint density at radius 1 is 1.16 bits per heavy atom. The van der Waals surface area contributed by atoms with Crippen molar-refractivity contribution in [2.75, 3.05) is 13.1 Å². The molecule has 3 rings (SSSR count). The molecule has 0 bridgehead atoms. The van der Waals surface area contributed by atoms with E-state index in [9.17, 15) is 0 Å². The molecule has 0 spiro atoms. The molecule has 2 unspecified atom stereocenters. The van der Waals surface area contributed by atoms with Gasteiger partial charge in [0.05, 0.1) is 0 Å². The van der Waals surface area contributed by atoms with Crippen molar-refractivity contribution < 1.29 is 0 Å². The van der Waals surface area contributed by atoms with Gasteiger partial charge >= 0.3 is 0 Å². The third kappa shape index (κ3) is 3.04. The van der Waals surface area contributed by atoms with E-state index in [4.69, 9.17) is 0 Å². The maximum atomic E-state index is 3.86. The minimum atomic E-state index is 0.444. The molecule has 2 saturated heterocycles. The van der Waals surface area contributed by atoms with E-state index in [0.29, 0.717) is 12.1 Å². The van der Waals surface area contributed by atoms with Crippen LogP contribution in [0.3, 0.4) is 0 Å². The van der Waals surface area contributed by atoms with Crippen molar-refractivity contribution in [1.29, 1.82) is 0 Å². The molecule has 2 heterocycles. The molecule has 2 fully saturated rings. The van der Waals surface area contributed by atoms with Gasteiger partial charge in [0.25, 0.3) is 0 Å². The van der Waals surface area contributed by atoms with E-state index >= 15 is 0 Å². The van der Waals surface area contributed by atoms with Crippen molar-refractivity contribution >= 4 is 15.9 Å². The molecule has 1 aromatic rings. The Labute approximate surface area is 124 Å². The average Bonchev–Trinajstić information content (AvgIpc) is 2.83. The number of halogens is 1. The lowest BCUT2D eigenvalue weighted by atomic mass is 9.97. The van der Waals surface area contributed by atoms with Crippen molar-refractivity contribution in [3.8, 4) is 0 Å². The molecule has 2 aliphatic rings. The molecule has 3 heteroatoms. The van der Waals surface area contributed by atoms with E-state index in [2.05, 4.69) is 57.3 Å². The van der Waals surface area contributed by atoms with Gasteiger partial charge in [-0.25, -0.2) is 0 Å². The first kappa shape index (κ1) is 13.6. The van der Waals surface area contributed by atoms with Gasteiger partial charge in [-0.2, -0.15) is 0 Å². The SMILES string of the molecule is C[C@@H](NC1CCN2CCCCC12)c1ccc(Br)cc1. The van der Waals surface area contributed by atoms with Gasteiger partial charge in [-0.15, -0.1) is 0 Å². The summed E-state index contributed by atoms with van der Waals surface area (Å²) in [5, 5.41) is 3.86. The Morgan fingerprint density at radius 3 is 2.74 bits per heavy atom. The van der Waals surface area contributed by atoms with Crippen LogP contribution in [-0.4, -0.2) is 30.1 Å². The fourth-order valence-corrected chi connectivity index (χ4v) is 3.87. The number of hydrogen-bond acceptors (Lipinski definition) is 2. The van der Waals surface area contributed by atoms with Gasteiger partial charge in [-0.1, -0.05) is 34.5 Å². The molecule has 0 aromatic heterocycles. The van der Waals surface area contributed by atoms with Crippen LogP contribution in [0.25, 0.3) is 0 Å². The normalized spacial score (nSPS) is 29.2. The minimum Gasteiger partial charge on any atom is -0.306 e. The summed E-state index contributed by atoms with van der Waals surface area (Å²) >= 11 is 3.50. The lowest BCUT2D eigenvalue weighted by Crippen LogP contribution is -2.45. The van der Waals surface area contributed by atoms with Crippen LogP contribution in [0.5, 0.6) is 0 Å². The monoisotopic (exact) mass is 322 g/mol. The van der Waals surface area contributed by atoms with Crippen LogP contribution in [0.15, 0.2) is 28.7 Å². The van der Waals surface area contributed by atoms with Crippen molar-refractivity contribution in [3.63, 3.8) is 0 Å². The van der Waals surface area contributed by atoms with Crippen LogP contribution in [0.1, 0.15) is 44.2 Å². The molecule has 0 radical (unpaired) electrons. The first-order chi connectivity index (χ1) is 9.24. The zero-order valence-electron chi connectivity index (χ0n) is 11.6. The Morgan fingerprint density at radius 2 is 1.95 bits per heavy atom. The topological polar surface area (TPSA) is 15.3 Å². The van der Waals surface area contributed by atoms with Crippen molar-refractivity contribution in [3.05, 3.63) is 34.3 Å². The quantitative estimate of drug-likeness (QED) is 0.912. The van der Waals surface area contributed by atoms with Crippen LogP contribution in [0.2, 0.25) is 0 Å². The van der Waals surface area contributed by atoms with E-state index in [-0.39, 0.29) is 0 Å². The van der Waals surface area contributed by atoms with E-state index in [1.807, 2.05) is 0 Å². The Kier molecular flexibility index (Phi) is 4.25. The molecule has 2 aliphatic heterocycles. The smallest absolute Gasteiger partial charge is 0.0295 e. The van der Waals surface area contributed by atoms with E-state index in [1.165, 1.54) is 44.3 Å². The highest BCUT2D eigenvalue weighted by Crippen LogP contribution is 2.29. The second-order valence-corrected chi connectivity index (χ2v) is 6.85. The van der Waals surface area contributed by atoms with Gasteiger partial charge in [0.2, 0.25) is 0 Å². The molecule has 1 aromatic carbocycles. The summed E-state index contributed by atoms with van der Waals surface area (Å²) < 4.78 is 1.16. The standard InChI is InChI=1S/C16H23BrN2/c1-12(13-5-7-14(17)8-6-13)18-15-9-11-19-10-3-2-4-16(15)19/h5-8,12,15-16,18H,2-4,9-11H2,1H3/t12-,15?,16?/m1/s1. The summed E-state index contributed by atoms with van der Waals surface area (Å²) in [5.74, 6) is 0. The number of fused-ring (bicyclic) bond motifs is 1. The molecule has 19 heavy (non-hydrogen) atoms. The second-order valence-electron chi connectivity index (χ2n) is 5.93. The molecule has 1 N–H and O–H groups in total. The molecule has 0 saturated carbocycles. The lowest BCUT2D eigenvalue weighted by Gasteiger charge is -2.34. The summed E-state index contributed by atoms with van der Waals surface area (Å²) in [5.41, 5.74) is 1.39. The first-order valence-electron chi connectivity index (χ1n) is 7.49. The Balaban J connectivity index is 1.63. The van der Waals surface area contributed by atoms with Crippen LogP contribution < -0.4 is 5.32 Å². The molecule has 104 valence electrons. The number of piperidine rings is 1. The second kappa shape index (κ2) is 5.94. The van der Waals surface area contributed by atoms with Crippen molar-refractivity contribution in [1.82, 2.24) is 10.2 Å². The molecule has 3 atom stereocenters. The third-order valence-electron chi connectivity index (χ3n) is 4.69.